The average Bonchev–Trinajstić information content (AvgIpc) is 2.29. The molecule has 0 saturated heterocycles. The Kier molecular flexibility index (Phi) is 30.4. The highest BCUT2D eigenvalue weighted by atomic mass is 32.3. The van der Waals surface area contributed by atoms with Gasteiger partial charge >= 0.3 is 10.4 Å². The molecule has 7 heteroatoms. The molecule has 6 nitrogen and oxygen atoms in total. The lowest BCUT2D eigenvalue weighted by Crippen LogP contribution is -1.89. The lowest BCUT2D eigenvalue weighted by molar-refractivity contribution is 0.381. The van der Waals surface area contributed by atoms with Gasteiger partial charge in [-0.2, -0.15) is 8.42 Å². The summed E-state index contributed by atoms with van der Waals surface area (Å²) in [5.74, 6) is 0. The normalized spacial score (nSPS) is 9.90. The molecule has 0 heterocycles. The quantitative estimate of drug-likeness (QED) is 0.295. The molecule has 21 heavy (non-hydrogen) atoms. The Labute approximate surface area is 131 Å². The van der Waals surface area contributed by atoms with Crippen LogP contribution in [0.1, 0.15) is 90.9 Å². The minimum absolute atomic E-state index is 0. The molecular formula is C14H38N2O4S. The third-order valence-electron chi connectivity index (χ3n) is 2.96. The van der Waals surface area contributed by atoms with Crippen LogP contribution in [-0.2, 0) is 10.4 Å². The van der Waals surface area contributed by atoms with E-state index in [2.05, 4.69) is 13.8 Å². The SMILES string of the molecule is CCCCCCCCCCCCCC.N.N.O=S(=O)(O)O. The van der Waals surface area contributed by atoms with Crippen LogP contribution >= 0.6 is 0 Å². The number of rotatable bonds is 11. The maximum atomic E-state index is 8.74. The molecule has 0 spiro atoms. The van der Waals surface area contributed by atoms with Gasteiger partial charge in [0.25, 0.3) is 0 Å². The van der Waals surface area contributed by atoms with Crippen molar-refractivity contribution in [1.29, 1.82) is 0 Å². The Balaban J connectivity index is -0.000000179. The van der Waals surface area contributed by atoms with E-state index in [1.54, 1.807) is 0 Å². The molecule has 0 aliphatic heterocycles. The van der Waals surface area contributed by atoms with Crippen molar-refractivity contribution < 1.29 is 17.5 Å². The van der Waals surface area contributed by atoms with Gasteiger partial charge in [-0.25, -0.2) is 0 Å². The highest BCUT2D eigenvalue weighted by Gasteiger charge is 1.91. The maximum absolute atomic E-state index is 8.74. The Bertz CT molecular complexity index is 240. The van der Waals surface area contributed by atoms with Crippen LogP contribution < -0.4 is 12.3 Å². The van der Waals surface area contributed by atoms with Gasteiger partial charge in [0.2, 0.25) is 0 Å². The Hall–Kier alpha value is -0.210. The van der Waals surface area contributed by atoms with E-state index < -0.39 is 10.4 Å². The molecule has 0 aromatic heterocycles. The van der Waals surface area contributed by atoms with E-state index in [-0.39, 0.29) is 12.3 Å². The van der Waals surface area contributed by atoms with E-state index in [0.29, 0.717) is 0 Å². The summed E-state index contributed by atoms with van der Waals surface area (Å²) in [6.07, 6.45) is 17.4. The number of unbranched alkanes of at least 4 members (excludes halogenated alkanes) is 11. The monoisotopic (exact) mass is 330 g/mol. The molecule has 0 bridgehead atoms. The second-order valence-corrected chi connectivity index (χ2v) is 5.88. The van der Waals surface area contributed by atoms with Gasteiger partial charge in [0.05, 0.1) is 0 Å². The van der Waals surface area contributed by atoms with Gasteiger partial charge in [0, 0.05) is 0 Å². The van der Waals surface area contributed by atoms with Gasteiger partial charge in [-0.05, 0) is 0 Å². The van der Waals surface area contributed by atoms with Gasteiger partial charge < -0.3 is 12.3 Å². The molecule has 0 rings (SSSR count). The summed E-state index contributed by atoms with van der Waals surface area (Å²) in [7, 11) is -4.67. The van der Waals surface area contributed by atoms with Crippen molar-refractivity contribution in [2.45, 2.75) is 90.9 Å². The predicted molar refractivity (Wildman–Crippen MR) is 91.0 cm³/mol. The van der Waals surface area contributed by atoms with Crippen molar-refractivity contribution in [2.75, 3.05) is 0 Å². The van der Waals surface area contributed by atoms with E-state index in [0.717, 1.165) is 0 Å². The fraction of sp³-hybridized carbons (Fsp3) is 1.00. The van der Waals surface area contributed by atoms with Crippen molar-refractivity contribution in [1.82, 2.24) is 12.3 Å². The van der Waals surface area contributed by atoms with Crippen molar-refractivity contribution in [2.24, 2.45) is 0 Å². The van der Waals surface area contributed by atoms with E-state index in [1.165, 1.54) is 77.0 Å². The summed E-state index contributed by atoms with van der Waals surface area (Å²) in [5, 5.41) is 0. The molecule has 0 aliphatic carbocycles. The summed E-state index contributed by atoms with van der Waals surface area (Å²) in [4.78, 5) is 0. The largest absolute Gasteiger partial charge is 0.394 e. The van der Waals surface area contributed by atoms with Crippen LogP contribution in [0.5, 0.6) is 0 Å². The van der Waals surface area contributed by atoms with Crippen molar-refractivity contribution >= 4 is 10.4 Å². The molecule has 0 aromatic rings. The first-order chi connectivity index (χ1) is 8.91. The van der Waals surface area contributed by atoms with Gasteiger partial charge in [-0.15, -0.1) is 0 Å². The highest BCUT2D eigenvalue weighted by Crippen LogP contribution is 2.11. The zero-order chi connectivity index (χ0) is 15.0. The summed E-state index contributed by atoms with van der Waals surface area (Å²) >= 11 is 0. The summed E-state index contributed by atoms with van der Waals surface area (Å²) < 4.78 is 31.6. The smallest absolute Gasteiger partial charge is 0.344 e. The highest BCUT2D eigenvalue weighted by molar-refractivity contribution is 7.79. The van der Waals surface area contributed by atoms with E-state index in [9.17, 15) is 0 Å². The topological polar surface area (TPSA) is 145 Å². The van der Waals surface area contributed by atoms with E-state index >= 15 is 0 Å². The molecule has 8 N–H and O–H groups in total. The zero-order valence-corrected chi connectivity index (χ0v) is 14.8. The van der Waals surface area contributed by atoms with Crippen molar-refractivity contribution in [3.63, 3.8) is 0 Å². The van der Waals surface area contributed by atoms with Crippen LogP contribution in [0.4, 0.5) is 0 Å². The van der Waals surface area contributed by atoms with Crippen LogP contribution in [0.3, 0.4) is 0 Å². The van der Waals surface area contributed by atoms with Crippen LogP contribution in [0.2, 0.25) is 0 Å². The second kappa shape index (κ2) is 22.1. The zero-order valence-electron chi connectivity index (χ0n) is 14.0. The van der Waals surface area contributed by atoms with Crippen LogP contribution in [-0.4, -0.2) is 17.5 Å². The minimum atomic E-state index is -4.67. The van der Waals surface area contributed by atoms with Crippen LogP contribution in [0.25, 0.3) is 0 Å². The summed E-state index contributed by atoms with van der Waals surface area (Å²) in [6, 6.07) is 0. The Morgan fingerprint density at radius 3 is 0.857 bits per heavy atom. The molecule has 0 aliphatic rings. The average molecular weight is 331 g/mol. The van der Waals surface area contributed by atoms with Crippen molar-refractivity contribution in [3.05, 3.63) is 0 Å². The molecule has 0 amide bonds. The molecule has 0 saturated carbocycles. The Morgan fingerprint density at radius 2 is 0.714 bits per heavy atom. The van der Waals surface area contributed by atoms with Crippen LogP contribution in [0.15, 0.2) is 0 Å². The fourth-order valence-electron chi connectivity index (χ4n) is 1.91. The second-order valence-electron chi connectivity index (χ2n) is 4.98. The minimum Gasteiger partial charge on any atom is -0.344 e. The van der Waals surface area contributed by atoms with Gasteiger partial charge in [0.15, 0.2) is 0 Å². The predicted octanol–water partition coefficient (Wildman–Crippen LogP) is 5.38. The standard InChI is InChI=1S/C14H30.2H3N.H2O4S/c1-3-5-7-9-11-13-14-12-10-8-6-4-2;;;1-5(2,3)4/h3-14H2,1-2H3;2*1H3;(H2,1,2,3,4). The third-order valence-corrected chi connectivity index (χ3v) is 2.96. The van der Waals surface area contributed by atoms with Crippen molar-refractivity contribution in [3.8, 4) is 0 Å². The van der Waals surface area contributed by atoms with Crippen LogP contribution in [0, 0.1) is 0 Å². The number of hydrogen-bond donors (Lipinski definition) is 4. The molecule has 0 atom stereocenters. The molecule has 0 radical (unpaired) electrons. The number of hydrogen-bond acceptors (Lipinski definition) is 4. The summed E-state index contributed by atoms with van der Waals surface area (Å²) in [6.45, 7) is 4.57. The Morgan fingerprint density at radius 1 is 0.571 bits per heavy atom. The van der Waals surface area contributed by atoms with Gasteiger partial charge in [0.1, 0.15) is 0 Å². The van der Waals surface area contributed by atoms with E-state index in [4.69, 9.17) is 17.5 Å². The molecule has 0 aromatic carbocycles. The first kappa shape index (κ1) is 28.9. The van der Waals surface area contributed by atoms with Gasteiger partial charge in [-0.3, -0.25) is 9.11 Å². The lowest BCUT2D eigenvalue weighted by Gasteiger charge is -2.01. The fourth-order valence-corrected chi connectivity index (χ4v) is 1.91. The summed E-state index contributed by atoms with van der Waals surface area (Å²) in [5.41, 5.74) is 0. The molecular weight excluding hydrogens is 292 g/mol. The first-order valence-electron chi connectivity index (χ1n) is 7.61. The molecule has 0 fully saturated rings. The maximum Gasteiger partial charge on any atom is 0.394 e. The lowest BCUT2D eigenvalue weighted by atomic mass is 10.1. The molecule has 134 valence electrons. The first-order valence-corrected chi connectivity index (χ1v) is 9.01. The third kappa shape index (κ3) is 53.8. The van der Waals surface area contributed by atoms with Gasteiger partial charge in [-0.1, -0.05) is 90.9 Å². The van der Waals surface area contributed by atoms with E-state index in [1.807, 2.05) is 0 Å². The molecule has 0 unspecified atom stereocenters.